The number of rotatable bonds is 3. The number of fused-ring (bicyclic) bond motifs is 2. The van der Waals surface area contributed by atoms with Crippen molar-refractivity contribution in [3.63, 3.8) is 0 Å². The van der Waals surface area contributed by atoms with Gasteiger partial charge in [-0.3, -0.25) is 4.79 Å². The van der Waals surface area contributed by atoms with E-state index in [2.05, 4.69) is 0 Å². The molecule has 0 saturated heterocycles. The number of benzene rings is 3. The second-order valence-corrected chi connectivity index (χ2v) is 9.24. The fourth-order valence-corrected chi connectivity index (χ4v) is 4.97. The highest BCUT2D eigenvalue weighted by molar-refractivity contribution is 8.10. The van der Waals surface area contributed by atoms with Gasteiger partial charge in [0.1, 0.15) is 36.7 Å². The first-order valence-corrected chi connectivity index (χ1v) is 10.3. The van der Waals surface area contributed by atoms with Gasteiger partial charge in [-0.05, 0) is 37.3 Å². The second-order valence-electron chi connectivity index (χ2n) is 6.64. The van der Waals surface area contributed by atoms with Crippen molar-refractivity contribution < 1.29 is 27.6 Å². The molecule has 1 heterocycles. The molecule has 6 nitrogen and oxygen atoms in total. The van der Waals surface area contributed by atoms with Crippen LogP contribution in [0.4, 0.5) is 0 Å². The van der Waals surface area contributed by atoms with Crippen molar-refractivity contribution >= 4 is 15.4 Å². The van der Waals surface area contributed by atoms with Crippen LogP contribution >= 0.6 is 0 Å². The van der Waals surface area contributed by atoms with Gasteiger partial charge in [-0.15, -0.1) is 0 Å². The maximum absolute atomic E-state index is 13.3. The molecule has 0 aliphatic carbocycles. The topological polar surface area (TPSA) is 93.1 Å². The Morgan fingerprint density at radius 2 is 1.46 bits per heavy atom. The highest BCUT2D eigenvalue weighted by Gasteiger charge is 2.45. The van der Waals surface area contributed by atoms with E-state index in [-0.39, 0.29) is 32.6 Å². The summed E-state index contributed by atoms with van der Waals surface area (Å²) in [6.07, 6.45) is 0. The molecule has 0 aromatic heterocycles. The quantitative estimate of drug-likeness (QED) is 0.630. The Bertz CT molecular complexity index is 1170. The van der Waals surface area contributed by atoms with Crippen LogP contribution in [0.1, 0.15) is 21.5 Å². The number of ketones is 1. The van der Waals surface area contributed by atoms with Gasteiger partial charge in [-0.1, -0.05) is 29.8 Å². The summed E-state index contributed by atoms with van der Waals surface area (Å²) in [7, 11) is -4.06. The van der Waals surface area contributed by atoms with E-state index in [1.54, 1.807) is 18.2 Å². The molecule has 0 atom stereocenters. The molecule has 0 unspecified atom stereocenters. The van der Waals surface area contributed by atoms with Gasteiger partial charge >= 0.3 is 0 Å². The molecule has 3 aromatic rings. The van der Waals surface area contributed by atoms with Crippen molar-refractivity contribution in [3.05, 3.63) is 77.4 Å². The Labute approximate surface area is 161 Å². The summed E-state index contributed by atoms with van der Waals surface area (Å²) < 4.78 is 45.8. The van der Waals surface area contributed by atoms with E-state index in [9.17, 15) is 18.1 Å². The standard InChI is InChI=1S/C21H18O6S/c1-13-3-5-14(6-4-13)21(22)15-7-9-17-19(11-15)28(23,24,25)20-12-16(26-2)8-10-18(20)27-17/h3-12H,1-2H3,(H2,23,24,25). The monoisotopic (exact) mass is 398 g/mol. The third-order valence-electron chi connectivity index (χ3n) is 4.68. The van der Waals surface area contributed by atoms with Crippen molar-refractivity contribution in [2.75, 3.05) is 7.11 Å². The molecule has 1 aliphatic heterocycles. The molecular formula is C21H18O6S. The summed E-state index contributed by atoms with van der Waals surface area (Å²) in [5.41, 5.74) is 1.61. The predicted octanol–water partition coefficient (Wildman–Crippen LogP) is 4.52. The molecule has 28 heavy (non-hydrogen) atoms. The third-order valence-corrected chi connectivity index (χ3v) is 6.91. The van der Waals surface area contributed by atoms with Crippen LogP contribution in [-0.4, -0.2) is 26.2 Å². The first kappa shape index (κ1) is 18.4. The van der Waals surface area contributed by atoms with Gasteiger partial charge in [0.15, 0.2) is 5.78 Å². The van der Waals surface area contributed by atoms with Crippen LogP contribution in [0.15, 0.2) is 70.5 Å². The highest BCUT2D eigenvalue weighted by atomic mass is 32.3. The number of hydrogen-bond acceptors (Lipinski definition) is 4. The number of hydrogen-bond donors (Lipinski definition) is 2. The molecule has 0 saturated carbocycles. The highest BCUT2D eigenvalue weighted by Crippen LogP contribution is 2.53. The Kier molecular flexibility index (Phi) is 3.94. The van der Waals surface area contributed by atoms with E-state index in [0.717, 1.165) is 5.56 Å². The smallest absolute Gasteiger partial charge is 0.193 e. The first-order valence-electron chi connectivity index (χ1n) is 8.46. The van der Waals surface area contributed by atoms with Gasteiger partial charge in [0.25, 0.3) is 0 Å². The average Bonchev–Trinajstić information content (AvgIpc) is 2.67. The predicted molar refractivity (Wildman–Crippen MR) is 104 cm³/mol. The number of ether oxygens (including phenoxy) is 2. The molecular weight excluding hydrogens is 380 g/mol. The number of aryl methyl sites for hydroxylation is 1. The first-order chi connectivity index (χ1) is 13.2. The maximum atomic E-state index is 13.3. The molecule has 7 heteroatoms. The fourth-order valence-electron chi connectivity index (χ4n) is 3.12. The van der Waals surface area contributed by atoms with Crippen LogP contribution in [-0.2, 0) is 9.63 Å². The molecule has 0 spiro atoms. The Morgan fingerprint density at radius 1 is 0.893 bits per heavy atom. The van der Waals surface area contributed by atoms with Crippen molar-refractivity contribution in [2.45, 2.75) is 16.7 Å². The largest absolute Gasteiger partial charge is 0.497 e. The summed E-state index contributed by atoms with van der Waals surface area (Å²) in [5.74, 6) is 0.0232. The van der Waals surface area contributed by atoms with Crippen LogP contribution in [0.3, 0.4) is 0 Å². The van der Waals surface area contributed by atoms with Crippen molar-refractivity contribution in [1.29, 1.82) is 0 Å². The lowest BCUT2D eigenvalue weighted by Crippen LogP contribution is -2.35. The molecule has 0 fully saturated rings. The third kappa shape index (κ3) is 2.80. The van der Waals surface area contributed by atoms with Crippen molar-refractivity contribution in [2.24, 2.45) is 0 Å². The fraction of sp³-hybridized carbons (Fsp3) is 0.0952. The van der Waals surface area contributed by atoms with Crippen LogP contribution in [0.25, 0.3) is 0 Å². The zero-order valence-electron chi connectivity index (χ0n) is 15.2. The van der Waals surface area contributed by atoms with Gasteiger partial charge in [-0.2, -0.15) is 0 Å². The Morgan fingerprint density at radius 3 is 2.11 bits per heavy atom. The normalized spacial score (nSPS) is 17.2. The van der Waals surface area contributed by atoms with Gasteiger partial charge in [-0.25, -0.2) is 4.21 Å². The minimum atomic E-state index is -5.47. The molecule has 144 valence electrons. The minimum absolute atomic E-state index is 0.0140. The SMILES string of the molecule is COc1ccc2c(c1)S(=O)(O)(O)c1cc(C(=O)c3ccc(C)cc3)ccc1O2. The Hall–Kier alpha value is -3.00. The van der Waals surface area contributed by atoms with Crippen LogP contribution < -0.4 is 9.47 Å². The molecule has 1 aliphatic rings. The summed E-state index contributed by atoms with van der Waals surface area (Å²) in [6, 6.07) is 15.3. The lowest BCUT2D eigenvalue weighted by molar-refractivity contribution is 0.103. The zero-order valence-corrected chi connectivity index (χ0v) is 16.0. The van der Waals surface area contributed by atoms with Gasteiger partial charge < -0.3 is 18.6 Å². The molecule has 0 amide bonds. The lowest BCUT2D eigenvalue weighted by Gasteiger charge is -2.37. The van der Waals surface area contributed by atoms with Gasteiger partial charge in [0.05, 0.1) is 7.11 Å². The lowest BCUT2D eigenvalue weighted by atomic mass is 10.0. The van der Waals surface area contributed by atoms with E-state index >= 15 is 0 Å². The summed E-state index contributed by atoms with van der Waals surface area (Å²) in [6.45, 7) is 1.91. The molecule has 4 rings (SSSR count). The number of carbonyl (C=O) groups is 1. The van der Waals surface area contributed by atoms with Gasteiger partial charge in [0, 0.05) is 17.2 Å². The van der Waals surface area contributed by atoms with Crippen LogP contribution in [0.5, 0.6) is 17.2 Å². The van der Waals surface area contributed by atoms with E-state index in [4.69, 9.17) is 9.47 Å². The van der Waals surface area contributed by atoms with E-state index in [1.807, 2.05) is 19.1 Å². The summed E-state index contributed by atoms with van der Waals surface area (Å²) >= 11 is 0. The van der Waals surface area contributed by atoms with Crippen LogP contribution in [0.2, 0.25) is 0 Å². The summed E-state index contributed by atoms with van der Waals surface area (Å²) in [4.78, 5) is 12.1. The van der Waals surface area contributed by atoms with Crippen molar-refractivity contribution in [3.8, 4) is 17.2 Å². The zero-order chi connectivity index (χ0) is 20.1. The van der Waals surface area contributed by atoms with Crippen LogP contribution in [0, 0.1) is 6.92 Å². The molecule has 3 aromatic carbocycles. The van der Waals surface area contributed by atoms with E-state index in [1.165, 1.54) is 37.4 Å². The average molecular weight is 398 g/mol. The minimum Gasteiger partial charge on any atom is -0.497 e. The maximum Gasteiger partial charge on any atom is 0.193 e. The molecule has 0 radical (unpaired) electrons. The Balaban J connectivity index is 1.86. The van der Waals surface area contributed by atoms with Gasteiger partial charge in [0.2, 0.25) is 0 Å². The molecule has 2 N–H and O–H groups in total. The van der Waals surface area contributed by atoms with E-state index in [0.29, 0.717) is 11.3 Å². The van der Waals surface area contributed by atoms with E-state index < -0.39 is 9.63 Å². The number of methoxy groups -OCH3 is 1. The summed E-state index contributed by atoms with van der Waals surface area (Å²) in [5, 5.41) is 0. The van der Waals surface area contributed by atoms with Crippen molar-refractivity contribution in [1.82, 2.24) is 0 Å². The second kappa shape index (κ2) is 6.00. The number of carbonyl (C=O) groups excluding carboxylic acids is 1. The molecule has 0 bridgehead atoms.